The minimum absolute atomic E-state index is 0.680. The van der Waals surface area contributed by atoms with Crippen molar-refractivity contribution in [3.8, 4) is 0 Å². The molecule has 26 heavy (non-hydrogen) atoms. The molecule has 0 bridgehead atoms. The van der Waals surface area contributed by atoms with Gasteiger partial charge in [-0.05, 0) is 23.6 Å². The van der Waals surface area contributed by atoms with Crippen molar-refractivity contribution >= 4 is 17.3 Å². The number of thiazole rings is 1. The average Bonchev–Trinajstić information content (AvgIpc) is 3.34. The number of rotatable bonds is 7. The van der Waals surface area contributed by atoms with Crippen LogP contribution in [0.2, 0.25) is 0 Å². The third-order valence-electron chi connectivity index (χ3n) is 4.04. The number of hydrogen-bond acceptors (Lipinski definition) is 4. The van der Waals surface area contributed by atoms with Crippen LogP contribution in [0.3, 0.4) is 0 Å². The highest BCUT2D eigenvalue weighted by Gasteiger charge is 2.06. The van der Waals surface area contributed by atoms with Crippen LogP contribution < -0.4 is 10.6 Å². The van der Waals surface area contributed by atoms with Gasteiger partial charge in [-0.1, -0.05) is 31.2 Å². The highest BCUT2D eigenvalue weighted by atomic mass is 32.1. The normalized spacial score (nSPS) is 11.5. The molecule has 0 fully saturated rings. The van der Waals surface area contributed by atoms with Crippen LogP contribution in [0.1, 0.15) is 27.9 Å². The average molecular weight is 369 g/mol. The summed E-state index contributed by atoms with van der Waals surface area (Å²) in [4.78, 5) is 10.0. The molecule has 3 aromatic rings. The van der Waals surface area contributed by atoms with E-state index in [1.165, 1.54) is 16.0 Å². The van der Waals surface area contributed by atoms with Crippen molar-refractivity contribution in [1.82, 2.24) is 25.4 Å². The van der Waals surface area contributed by atoms with E-state index in [0.717, 1.165) is 23.9 Å². The van der Waals surface area contributed by atoms with E-state index in [-0.39, 0.29) is 0 Å². The molecule has 0 amide bonds. The Morgan fingerprint density at radius 1 is 1.15 bits per heavy atom. The topological polar surface area (TPSA) is 67.1 Å². The summed E-state index contributed by atoms with van der Waals surface area (Å²) in [5, 5.41) is 12.1. The van der Waals surface area contributed by atoms with Crippen LogP contribution in [0, 0.1) is 0 Å². The standard InChI is InChI=1S/C19H24N6S/c1-3-17-12-21-18(26-17)13-23-19(20-2)22-11-15-7-4-5-8-16(15)14-25-10-6-9-24-25/h4-10,12H,3,11,13-14H2,1-2H3,(H2,20,22,23). The number of aromatic nitrogens is 3. The number of nitrogens with one attached hydrogen (secondary N) is 2. The smallest absolute Gasteiger partial charge is 0.191 e. The summed E-state index contributed by atoms with van der Waals surface area (Å²) in [6.07, 6.45) is 6.75. The van der Waals surface area contributed by atoms with E-state index in [1.807, 2.05) is 23.1 Å². The first-order valence-electron chi connectivity index (χ1n) is 8.70. The third-order valence-corrected chi connectivity index (χ3v) is 5.18. The van der Waals surface area contributed by atoms with Crippen LogP contribution in [-0.2, 0) is 26.1 Å². The van der Waals surface area contributed by atoms with E-state index in [4.69, 9.17) is 0 Å². The summed E-state index contributed by atoms with van der Waals surface area (Å²) >= 11 is 1.74. The van der Waals surface area contributed by atoms with Gasteiger partial charge in [0.1, 0.15) is 5.01 Å². The lowest BCUT2D eigenvalue weighted by atomic mass is 10.1. The molecule has 0 radical (unpaired) electrons. The van der Waals surface area contributed by atoms with E-state index in [1.54, 1.807) is 24.6 Å². The minimum atomic E-state index is 0.680. The lowest BCUT2D eigenvalue weighted by molar-refractivity contribution is 0.677. The van der Waals surface area contributed by atoms with Gasteiger partial charge in [-0.25, -0.2) is 4.98 Å². The molecule has 2 heterocycles. The second kappa shape index (κ2) is 9.15. The summed E-state index contributed by atoms with van der Waals surface area (Å²) in [7, 11) is 1.78. The molecule has 0 spiro atoms. The van der Waals surface area contributed by atoms with Gasteiger partial charge >= 0.3 is 0 Å². The van der Waals surface area contributed by atoms with Crippen molar-refractivity contribution in [2.75, 3.05) is 7.05 Å². The minimum Gasteiger partial charge on any atom is -0.352 e. The fourth-order valence-corrected chi connectivity index (χ4v) is 3.41. The maximum absolute atomic E-state index is 4.43. The number of aliphatic imine (C=N–C) groups is 1. The molecule has 1 aromatic carbocycles. The zero-order chi connectivity index (χ0) is 18.2. The largest absolute Gasteiger partial charge is 0.352 e. The highest BCUT2D eigenvalue weighted by Crippen LogP contribution is 2.13. The molecule has 0 saturated carbocycles. The fourth-order valence-electron chi connectivity index (χ4n) is 2.60. The second-order valence-corrected chi connectivity index (χ2v) is 7.03. The third kappa shape index (κ3) is 4.92. The van der Waals surface area contributed by atoms with Gasteiger partial charge in [-0.3, -0.25) is 9.67 Å². The number of hydrogen-bond donors (Lipinski definition) is 2. The maximum Gasteiger partial charge on any atom is 0.191 e. The molecule has 0 aliphatic heterocycles. The Kier molecular flexibility index (Phi) is 6.38. The Morgan fingerprint density at radius 3 is 2.65 bits per heavy atom. The molecule has 0 unspecified atom stereocenters. The summed E-state index contributed by atoms with van der Waals surface area (Å²) in [5.41, 5.74) is 2.47. The first kappa shape index (κ1) is 18.1. The van der Waals surface area contributed by atoms with Crippen LogP contribution in [0.5, 0.6) is 0 Å². The summed E-state index contributed by atoms with van der Waals surface area (Å²) in [6, 6.07) is 10.3. The van der Waals surface area contributed by atoms with Gasteiger partial charge in [0, 0.05) is 37.1 Å². The first-order valence-corrected chi connectivity index (χ1v) is 9.52. The van der Waals surface area contributed by atoms with Gasteiger partial charge in [-0.2, -0.15) is 5.10 Å². The maximum atomic E-state index is 4.43. The first-order chi connectivity index (χ1) is 12.8. The molecule has 136 valence electrons. The van der Waals surface area contributed by atoms with Crippen molar-refractivity contribution in [2.45, 2.75) is 33.0 Å². The molecular formula is C19H24N6S. The van der Waals surface area contributed by atoms with Gasteiger partial charge in [0.25, 0.3) is 0 Å². The number of benzene rings is 1. The molecule has 7 heteroatoms. The summed E-state index contributed by atoms with van der Waals surface area (Å²) in [5.74, 6) is 0.771. The van der Waals surface area contributed by atoms with E-state index in [9.17, 15) is 0 Å². The Hall–Kier alpha value is -2.67. The lowest BCUT2D eigenvalue weighted by Crippen LogP contribution is -2.36. The van der Waals surface area contributed by atoms with E-state index >= 15 is 0 Å². The second-order valence-electron chi connectivity index (χ2n) is 5.83. The van der Waals surface area contributed by atoms with Gasteiger partial charge in [-0.15, -0.1) is 11.3 Å². The predicted octanol–water partition coefficient (Wildman–Crippen LogP) is 2.82. The number of guanidine groups is 1. The zero-order valence-corrected chi connectivity index (χ0v) is 16.0. The van der Waals surface area contributed by atoms with Crippen molar-refractivity contribution < 1.29 is 0 Å². The molecular weight excluding hydrogens is 344 g/mol. The van der Waals surface area contributed by atoms with E-state index in [2.05, 4.69) is 56.9 Å². The van der Waals surface area contributed by atoms with E-state index in [0.29, 0.717) is 13.1 Å². The van der Waals surface area contributed by atoms with Crippen LogP contribution in [0.4, 0.5) is 0 Å². The number of nitrogens with zero attached hydrogens (tertiary/aromatic N) is 4. The van der Waals surface area contributed by atoms with Crippen molar-refractivity contribution in [2.24, 2.45) is 4.99 Å². The highest BCUT2D eigenvalue weighted by molar-refractivity contribution is 7.11. The Balaban J connectivity index is 1.56. The Morgan fingerprint density at radius 2 is 1.96 bits per heavy atom. The fraction of sp³-hybridized carbons (Fsp3) is 0.316. The van der Waals surface area contributed by atoms with Crippen LogP contribution >= 0.6 is 11.3 Å². The van der Waals surface area contributed by atoms with Gasteiger partial charge in [0.2, 0.25) is 0 Å². The molecule has 3 rings (SSSR count). The van der Waals surface area contributed by atoms with Crippen molar-refractivity contribution in [1.29, 1.82) is 0 Å². The molecule has 2 aromatic heterocycles. The molecule has 6 nitrogen and oxygen atoms in total. The Bertz CT molecular complexity index is 837. The van der Waals surface area contributed by atoms with Crippen LogP contribution in [-0.4, -0.2) is 27.8 Å². The summed E-state index contributed by atoms with van der Waals surface area (Å²) in [6.45, 7) is 4.29. The van der Waals surface area contributed by atoms with Gasteiger partial charge in [0.15, 0.2) is 5.96 Å². The lowest BCUT2D eigenvalue weighted by Gasteiger charge is -2.14. The zero-order valence-electron chi connectivity index (χ0n) is 15.1. The molecule has 0 aliphatic carbocycles. The monoisotopic (exact) mass is 368 g/mol. The molecule has 0 atom stereocenters. The molecule has 2 N–H and O–H groups in total. The number of aryl methyl sites for hydroxylation is 1. The van der Waals surface area contributed by atoms with E-state index < -0.39 is 0 Å². The van der Waals surface area contributed by atoms with Crippen LogP contribution in [0.25, 0.3) is 0 Å². The van der Waals surface area contributed by atoms with Crippen molar-refractivity contribution in [3.63, 3.8) is 0 Å². The summed E-state index contributed by atoms with van der Waals surface area (Å²) < 4.78 is 1.93. The SMILES string of the molecule is CCc1cnc(CNC(=NC)NCc2ccccc2Cn2cccn2)s1. The van der Waals surface area contributed by atoms with Gasteiger partial charge < -0.3 is 10.6 Å². The molecule has 0 aliphatic rings. The van der Waals surface area contributed by atoms with Crippen LogP contribution in [0.15, 0.2) is 53.9 Å². The predicted molar refractivity (Wildman–Crippen MR) is 106 cm³/mol. The van der Waals surface area contributed by atoms with Gasteiger partial charge in [0.05, 0.1) is 13.1 Å². The Labute approximate surface area is 158 Å². The van der Waals surface area contributed by atoms with Crippen molar-refractivity contribution in [3.05, 3.63) is 69.9 Å². The molecule has 0 saturated heterocycles. The quantitative estimate of drug-likeness (QED) is 0.497.